The molecule has 1 rings (SSSR count). The van der Waals surface area contributed by atoms with Crippen molar-refractivity contribution in [2.75, 3.05) is 7.11 Å². The summed E-state index contributed by atoms with van der Waals surface area (Å²) in [6.07, 6.45) is 0.610. The van der Waals surface area contributed by atoms with E-state index < -0.39 is 0 Å². The number of methoxy groups -OCH3 is 1. The van der Waals surface area contributed by atoms with Crippen LogP contribution in [0.15, 0.2) is 30.3 Å². The molecule has 1 aromatic rings. The lowest BCUT2D eigenvalue weighted by molar-refractivity contribution is -0.142. The molecule has 1 N–H and O–H groups in total. The molecule has 4 heteroatoms. The van der Waals surface area contributed by atoms with Crippen molar-refractivity contribution in [1.29, 1.82) is 0 Å². The van der Waals surface area contributed by atoms with Gasteiger partial charge in [-0.15, -0.1) is 0 Å². The number of esters is 1. The minimum absolute atomic E-state index is 0.272. The fourth-order valence-electron chi connectivity index (χ4n) is 1.16. The standard InChI is InChI=1S/C10H12BrNO2/c1-14-10(13)9(12-11)7-8-5-3-2-4-6-8/h2-6,9,12H,7H2,1H3/t9-/m1/s1. The van der Waals surface area contributed by atoms with Crippen LogP contribution in [0.4, 0.5) is 0 Å². The van der Waals surface area contributed by atoms with Gasteiger partial charge >= 0.3 is 5.97 Å². The van der Waals surface area contributed by atoms with Crippen LogP contribution in [0.3, 0.4) is 0 Å². The quantitative estimate of drug-likeness (QED) is 0.659. The number of nitrogens with one attached hydrogen (secondary N) is 1. The van der Waals surface area contributed by atoms with Crippen LogP contribution in [-0.4, -0.2) is 19.1 Å². The molecule has 0 amide bonds. The van der Waals surface area contributed by atoms with Crippen molar-refractivity contribution in [3.63, 3.8) is 0 Å². The molecule has 0 aliphatic heterocycles. The molecule has 0 unspecified atom stereocenters. The van der Waals surface area contributed by atoms with Crippen molar-refractivity contribution in [3.8, 4) is 0 Å². The second-order valence-corrected chi connectivity index (χ2v) is 3.33. The molecule has 0 aliphatic rings. The smallest absolute Gasteiger partial charge is 0.324 e. The predicted molar refractivity (Wildman–Crippen MR) is 58.0 cm³/mol. The fourth-order valence-corrected chi connectivity index (χ4v) is 1.51. The van der Waals surface area contributed by atoms with Crippen molar-refractivity contribution >= 4 is 22.1 Å². The number of hydrogen-bond acceptors (Lipinski definition) is 3. The molecule has 0 heterocycles. The molecule has 0 aromatic heterocycles. The first-order chi connectivity index (χ1) is 6.77. The lowest BCUT2D eigenvalue weighted by Crippen LogP contribution is -2.33. The van der Waals surface area contributed by atoms with Gasteiger partial charge in [-0.2, -0.15) is 0 Å². The molecule has 0 fully saturated rings. The van der Waals surface area contributed by atoms with Crippen LogP contribution >= 0.6 is 16.1 Å². The maximum atomic E-state index is 11.2. The van der Waals surface area contributed by atoms with Crippen LogP contribution in [0.1, 0.15) is 5.56 Å². The van der Waals surface area contributed by atoms with Crippen LogP contribution < -0.4 is 4.34 Å². The average Bonchev–Trinajstić information content (AvgIpc) is 2.26. The third kappa shape index (κ3) is 3.12. The summed E-state index contributed by atoms with van der Waals surface area (Å²) in [5.74, 6) is -0.272. The summed E-state index contributed by atoms with van der Waals surface area (Å²) in [6, 6.07) is 9.43. The highest BCUT2D eigenvalue weighted by Crippen LogP contribution is 2.05. The molecule has 0 aliphatic carbocycles. The molecule has 76 valence electrons. The van der Waals surface area contributed by atoms with Crippen molar-refractivity contribution < 1.29 is 9.53 Å². The van der Waals surface area contributed by atoms with Crippen molar-refractivity contribution in [3.05, 3.63) is 35.9 Å². The van der Waals surface area contributed by atoms with E-state index in [-0.39, 0.29) is 12.0 Å². The van der Waals surface area contributed by atoms with Crippen LogP contribution in [0, 0.1) is 0 Å². The Labute approximate surface area is 91.8 Å². The predicted octanol–water partition coefficient (Wildman–Crippen LogP) is 1.67. The normalized spacial score (nSPS) is 12.1. The number of benzene rings is 1. The average molecular weight is 258 g/mol. The molecule has 14 heavy (non-hydrogen) atoms. The van der Waals surface area contributed by atoms with Crippen molar-refractivity contribution in [2.45, 2.75) is 12.5 Å². The van der Waals surface area contributed by atoms with E-state index in [9.17, 15) is 4.79 Å². The van der Waals surface area contributed by atoms with Gasteiger partial charge in [0.15, 0.2) is 0 Å². The molecule has 1 aromatic carbocycles. The minimum Gasteiger partial charge on any atom is -0.468 e. The van der Waals surface area contributed by atoms with Crippen molar-refractivity contribution in [2.24, 2.45) is 0 Å². The number of rotatable bonds is 4. The zero-order valence-corrected chi connectivity index (χ0v) is 9.45. The summed E-state index contributed by atoms with van der Waals surface area (Å²) in [4.78, 5) is 11.2. The monoisotopic (exact) mass is 257 g/mol. The van der Waals surface area contributed by atoms with Crippen LogP contribution in [0.2, 0.25) is 0 Å². The SMILES string of the molecule is COC(=O)[C@@H](Cc1ccccc1)NBr. The van der Waals surface area contributed by atoms with E-state index in [1.54, 1.807) is 0 Å². The maximum absolute atomic E-state index is 11.2. The third-order valence-corrected chi connectivity index (χ3v) is 2.45. The first-order valence-electron chi connectivity index (χ1n) is 4.26. The van der Waals surface area contributed by atoms with Gasteiger partial charge in [0.2, 0.25) is 0 Å². The minimum atomic E-state index is -0.345. The van der Waals surface area contributed by atoms with Gasteiger partial charge in [-0.05, 0) is 12.0 Å². The Morgan fingerprint density at radius 1 is 1.50 bits per heavy atom. The lowest BCUT2D eigenvalue weighted by atomic mass is 10.1. The second kappa shape index (κ2) is 5.78. The lowest BCUT2D eigenvalue weighted by Gasteiger charge is -2.11. The van der Waals surface area contributed by atoms with Gasteiger partial charge < -0.3 is 4.74 Å². The highest BCUT2D eigenvalue weighted by Gasteiger charge is 2.17. The van der Waals surface area contributed by atoms with Gasteiger partial charge in [0.25, 0.3) is 0 Å². The zero-order valence-electron chi connectivity index (χ0n) is 7.87. The number of carbonyl (C=O) groups excluding carboxylic acids is 1. The number of ether oxygens (including phenoxy) is 1. The van der Waals surface area contributed by atoms with Crippen LogP contribution in [0.5, 0.6) is 0 Å². The third-order valence-electron chi connectivity index (χ3n) is 1.90. The highest BCUT2D eigenvalue weighted by atomic mass is 79.9. The summed E-state index contributed by atoms with van der Waals surface area (Å²) >= 11 is 3.06. The fraction of sp³-hybridized carbons (Fsp3) is 0.300. The van der Waals surface area contributed by atoms with E-state index >= 15 is 0 Å². The van der Waals surface area contributed by atoms with Crippen LogP contribution in [0.25, 0.3) is 0 Å². The molecule has 0 saturated heterocycles. The molecule has 1 atom stereocenters. The van der Waals surface area contributed by atoms with Gasteiger partial charge in [-0.1, -0.05) is 30.3 Å². The summed E-state index contributed by atoms with van der Waals surface area (Å²) in [7, 11) is 1.38. The molecule has 3 nitrogen and oxygen atoms in total. The molecule has 0 spiro atoms. The Morgan fingerprint density at radius 3 is 2.64 bits per heavy atom. The topological polar surface area (TPSA) is 38.3 Å². The Bertz CT molecular complexity index is 289. The first-order valence-corrected chi connectivity index (χ1v) is 5.05. The van der Waals surface area contributed by atoms with Gasteiger partial charge in [0, 0.05) is 16.1 Å². The molecular weight excluding hydrogens is 246 g/mol. The van der Waals surface area contributed by atoms with Gasteiger partial charge in [0.05, 0.1) is 7.11 Å². The number of carbonyl (C=O) groups is 1. The van der Waals surface area contributed by atoms with E-state index in [0.29, 0.717) is 6.42 Å². The molecule has 0 bridgehead atoms. The van der Waals surface area contributed by atoms with Gasteiger partial charge in [-0.3, -0.25) is 4.79 Å². The zero-order chi connectivity index (χ0) is 10.4. The van der Waals surface area contributed by atoms with E-state index in [1.165, 1.54) is 7.11 Å². The summed E-state index contributed by atoms with van der Waals surface area (Å²) < 4.78 is 7.38. The summed E-state index contributed by atoms with van der Waals surface area (Å²) in [6.45, 7) is 0. The van der Waals surface area contributed by atoms with E-state index in [4.69, 9.17) is 0 Å². The Hall–Kier alpha value is -0.870. The summed E-state index contributed by atoms with van der Waals surface area (Å²) in [5.41, 5.74) is 1.09. The highest BCUT2D eigenvalue weighted by molar-refractivity contribution is 9.08. The second-order valence-electron chi connectivity index (χ2n) is 2.87. The number of halogens is 1. The van der Waals surface area contributed by atoms with E-state index in [1.807, 2.05) is 30.3 Å². The molecule has 0 saturated carbocycles. The Kier molecular flexibility index (Phi) is 4.62. The number of hydrogen-bond donors (Lipinski definition) is 1. The Morgan fingerprint density at radius 2 is 2.14 bits per heavy atom. The van der Waals surface area contributed by atoms with Gasteiger partial charge in [-0.25, -0.2) is 4.34 Å². The molecule has 0 radical (unpaired) electrons. The first kappa shape index (κ1) is 11.2. The van der Waals surface area contributed by atoms with Crippen molar-refractivity contribution in [1.82, 2.24) is 4.34 Å². The largest absolute Gasteiger partial charge is 0.468 e. The van der Waals surface area contributed by atoms with E-state index in [0.717, 1.165) is 5.56 Å². The van der Waals surface area contributed by atoms with Crippen LogP contribution in [-0.2, 0) is 16.0 Å². The maximum Gasteiger partial charge on any atom is 0.324 e. The van der Waals surface area contributed by atoms with Gasteiger partial charge in [0.1, 0.15) is 6.04 Å². The summed E-state index contributed by atoms with van der Waals surface area (Å²) in [5, 5.41) is 0. The Balaban J connectivity index is 2.62. The molecular formula is C10H12BrNO2. The van der Waals surface area contributed by atoms with E-state index in [2.05, 4.69) is 25.2 Å².